The largest absolute Gasteiger partial charge is 0.490 e. The molecule has 0 bridgehead atoms. The van der Waals surface area contributed by atoms with E-state index in [9.17, 15) is 9.59 Å². The van der Waals surface area contributed by atoms with Crippen molar-refractivity contribution in [2.75, 3.05) is 13.1 Å². The number of H-pyrrole nitrogens is 1. The molecule has 0 saturated carbocycles. The minimum Gasteiger partial charge on any atom is -0.490 e. The van der Waals surface area contributed by atoms with Crippen LogP contribution in [0.4, 0.5) is 4.79 Å². The lowest BCUT2D eigenvalue weighted by Gasteiger charge is -2.33. The van der Waals surface area contributed by atoms with Gasteiger partial charge in [-0.2, -0.15) is 0 Å². The second kappa shape index (κ2) is 8.08. The Bertz CT molecular complexity index is 847. The van der Waals surface area contributed by atoms with E-state index in [2.05, 4.69) is 9.97 Å². The van der Waals surface area contributed by atoms with E-state index in [1.165, 1.54) is 0 Å². The highest BCUT2D eigenvalue weighted by atomic mass is 16.6. The molecule has 3 rings (SSSR count). The van der Waals surface area contributed by atoms with Crippen molar-refractivity contribution in [1.82, 2.24) is 14.9 Å². The minimum atomic E-state index is -0.845. The molecule has 1 aromatic carbocycles. The summed E-state index contributed by atoms with van der Waals surface area (Å²) < 4.78 is 11.5. The third kappa shape index (κ3) is 5.37. The van der Waals surface area contributed by atoms with Crippen LogP contribution in [0.25, 0.3) is 11.0 Å². The van der Waals surface area contributed by atoms with E-state index >= 15 is 0 Å². The monoisotopic (exact) mass is 389 g/mol. The number of aromatic amines is 1. The van der Waals surface area contributed by atoms with Crippen molar-refractivity contribution in [3.8, 4) is 5.75 Å². The van der Waals surface area contributed by atoms with Gasteiger partial charge in [0.2, 0.25) is 0 Å². The molecule has 28 heavy (non-hydrogen) atoms. The Kier molecular flexibility index (Phi) is 5.76. The average Bonchev–Trinajstić information content (AvgIpc) is 3.01. The fraction of sp³-hybridized carbons (Fsp3) is 0.550. The van der Waals surface area contributed by atoms with Gasteiger partial charge in [-0.25, -0.2) is 9.78 Å². The third-order valence-corrected chi connectivity index (χ3v) is 4.47. The number of ether oxygens (including phenoxy) is 2. The Morgan fingerprint density at radius 1 is 1.29 bits per heavy atom. The van der Waals surface area contributed by atoms with Crippen LogP contribution in [0.5, 0.6) is 5.75 Å². The van der Waals surface area contributed by atoms with Gasteiger partial charge in [0.25, 0.3) is 0 Å². The number of aliphatic carboxylic acids is 1. The number of aromatic nitrogens is 2. The summed E-state index contributed by atoms with van der Waals surface area (Å²) in [4.78, 5) is 32.1. The number of likely N-dealkylation sites (tertiary alicyclic amines) is 1. The van der Waals surface area contributed by atoms with Crippen LogP contribution in [0.3, 0.4) is 0 Å². The molecule has 8 nitrogen and oxygen atoms in total. The molecule has 0 atom stereocenters. The van der Waals surface area contributed by atoms with Crippen molar-refractivity contribution in [3.05, 3.63) is 24.0 Å². The molecule has 1 aromatic heterocycles. The zero-order valence-corrected chi connectivity index (χ0v) is 16.5. The summed E-state index contributed by atoms with van der Waals surface area (Å²) >= 11 is 0. The molecular weight excluding hydrogens is 362 g/mol. The number of nitrogens with zero attached hydrogens (tertiary/aromatic N) is 2. The van der Waals surface area contributed by atoms with Gasteiger partial charge >= 0.3 is 12.1 Å². The highest BCUT2D eigenvalue weighted by Gasteiger charge is 2.27. The zero-order valence-electron chi connectivity index (χ0n) is 16.5. The van der Waals surface area contributed by atoms with Crippen LogP contribution in [-0.2, 0) is 16.0 Å². The standard InChI is InChI=1S/C20H27N3O5/c1-20(2,3)28-19(26)23-10-8-13(9-11-23)27-14-4-5-15-16(12-14)22-17(21-15)6-7-18(24)25/h4-5,12-13H,6-11H2,1-3H3,(H,21,22)(H,24,25). The first-order valence-corrected chi connectivity index (χ1v) is 9.54. The van der Waals surface area contributed by atoms with Crippen LogP contribution < -0.4 is 4.74 Å². The van der Waals surface area contributed by atoms with Crippen molar-refractivity contribution in [1.29, 1.82) is 0 Å². The summed E-state index contributed by atoms with van der Waals surface area (Å²) in [6, 6.07) is 5.61. The van der Waals surface area contributed by atoms with Crippen LogP contribution in [0.15, 0.2) is 18.2 Å². The van der Waals surface area contributed by atoms with E-state index in [1.54, 1.807) is 4.90 Å². The maximum absolute atomic E-state index is 12.1. The van der Waals surface area contributed by atoms with Crippen LogP contribution in [0, 0.1) is 0 Å². The van der Waals surface area contributed by atoms with Gasteiger partial charge < -0.3 is 24.5 Å². The average molecular weight is 389 g/mol. The maximum Gasteiger partial charge on any atom is 0.410 e. The summed E-state index contributed by atoms with van der Waals surface area (Å²) in [6.45, 7) is 6.79. The zero-order chi connectivity index (χ0) is 20.3. The summed E-state index contributed by atoms with van der Waals surface area (Å²) in [7, 11) is 0. The Labute approximate surface area is 163 Å². The number of carboxylic acids is 1. The van der Waals surface area contributed by atoms with Gasteiger partial charge in [0.05, 0.1) is 17.5 Å². The molecular formula is C20H27N3O5. The van der Waals surface area contributed by atoms with Crippen molar-refractivity contribution in [2.24, 2.45) is 0 Å². The lowest BCUT2D eigenvalue weighted by atomic mass is 10.1. The Balaban J connectivity index is 1.55. The van der Waals surface area contributed by atoms with Gasteiger partial charge in [0.1, 0.15) is 23.3 Å². The highest BCUT2D eigenvalue weighted by Crippen LogP contribution is 2.24. The van der Waals surface area contributed by atoms with E-state index in [-0.39, 0.29) is 18.6 Å². The number of benzene rings is 1. The van der Waals surface area contributed by atoms with Gasteiger partial charge in [-0.05, 0) is 32.9 Å². The number of nitrogens with one attached hydrogen (secondary N) is 1. The van der Waals surface area contributed by atoms with Gasteiger partial charge in [0, 0.05) is 38.4 Å². The molecule has 152 valence electrons. The number of hydrogen-bond donors (Lipinski definition) is 2. The number of fused-ring (bicyclic) bond motifs is 1. The quantitative estimate of drug-likeness (QED) is 0.812. The fourth-order valence-corrected chi connectivity index (χ4v) is 3.13. The van der Waals surface area contributed by atoms with Gasteiger partial charge in [-0.15, -0.1) is 0 Å². The van der Waals surface area contributed by atoms with Crippen LogP contribution in [-0.4, -0.2) is 56.8 Å². The molecule has 0 unspecified atom stereocenters. The number of carbonyl (C=O) groups is 2. The van der Waals surface area contributed by atoms with E-state index < -0.39 is 11.6 Å². The second-order valence-corrected chi connectivity index (χ2v) is 8.04. The third-order valence-electron chi connectivity index (χ3n) is 4.47. The molecule has 2 N–H and O–H groups in total. The Hall–Kier alpha value is -2.77. The number of carboxylic acid groups (broad SMARTS) is 1. The number of hydrogen-bond acceptors (Lipinski definition) is 5. The number of rotatable bonds is 5. The second-order valence-electron chi connectivity index (χ2n) is 8.04. The first-order chi connectivity index (χ1) is 13.2. The summed E-state index contributed by atoms with van der Waals surface area (Å²) in [5, 5.41) is 8.79. The van der Waals surface area contributed by atoms with Crippen LogP contribution in [0.2, 0.25) is 0 Å². The molecule has 0 spiro atoms. The van der Waals surface area contributed by atoms with Crippen molar-refractivity contribution in [3.63, 3.8) is 0 Å². The van der Waals surface area contributed by atoms with Gasteiger partial charge in [-0.3, -0.25) is 4.79 Å². The lowest BCUT2D eigenvalue weighted by molar-refractivity contribution is -0.137. The predicted molar refractivity (Wildman–Crippen MR) is 104 cm³/mol. The summed E-state index contributed by atoms with van der Waals surface area (Å²) in [5.74, 6) is 0.541. The Morgan fingerprint density at radius 2 is 2.00 bits per heavy atom. The lowest BCUT2D eigenvalue weighted by Crippen LogP contribution is -2.44. The molecule has 1 fully saturated rings. The molecule has 0 radical (unpaired) electrons. The number of carbonyl (C=O) groups excluding carboxylic acids is 1. The number of imidazole rings is 1. The summed E-state index contributed by atoms with van der Waals surface area (Å²) in [6.07, 6.45) is 1.64. The first kappa shape index (κ1) is 20.0. The molecule has 8 heteroatoms. The van der Waals surface area contributed by atoms with Gasteiger partial charge in [-0.1, -0.05) is 0 Å². The maximum atomic E-state index is 12.1. The molecule has 2 heterocycles. The molecule has 1 aliphatic heterocycles. The van der Waals surface area contributed by atoms with Crippen LogP contribution >= 0.6 is 0 Å². The van der Waals surface area contributed by atoms with E-state index in [4.69, 9.17) is 14.6 Å². The molecule has 1 amide bonds. The van der Waals surface area contributed by atoms with Crippen molar-refractivity contribution < 1.29 is 24.2 Å². The van der Waals surface area contributed by atoms with Crippen LogP contribution in [0.1, 0.15) is 45.9 Å². The van der Waals surface area contributed by atoms with E-state index in [0.717, 1.165) is 29.6 Å². The molecule has 0 aliphatic carbocycles. The highest BCUT2D eigenvalue weighted by molar-refractivity contribution is 5.77. The van der Waals surface area contributed by atoms with Gasteiger partial charge in [0.15, 0.2) is 0 Å². The fourth-order valence-electron chi connectivity index (χ4n) is 3.13. The van der Waals surface area contributed by atoms with E-state index in [1.807, 2.05) is 39.0 Å². The smallest absolute Gasteiger partial charge is 0.410 e. The molecule has 1 saturated heterocycles. The number of amides is 1. The molecule has 2 aromatic rings. The minimum absolute atomic E-state index is 0.0329. The normalized spacial score (nSPS) is 15.6. The SMILES string of the molecule is CC(C)(C)OC(=O)N1CCC(Oc2ccc3nc(CCC(=O)O)[nH]c3c2)CC1. The van der Waals surface area contributed by atoms with E-state index in [0.29, 0.717) is 25.3 Å². The predicted octanol–water partition coefficient (Wildman–Crippen LogP) is 3.36. The number of piperidine rings is 1. The summed E-state index contributed by atoms with van der Waals surface area (Å²) in [5.41, 5.74) is 1.12. The molecule has 1 aliphatic rings. The van der Waals surface area contributed by atoms with Crippen molar-refractivity contribution >= 4 is 23.1 Å². The Morgan fingerprint density at radius 3 is 2.64 bits per heavy atom. The first-order valence-electron chi connectivity index (χ1n) is 9.54. The van der Waals surface area contributed by atoms with Crippen molar-refractivity contribution in [2.45, 2.75) is 58.2 Å². The topological polar surface area (TPSA) is 105 Å². The number of aryl methyl sites for hydroxylation is 1.